The van der Waals surface area contributed by atoms with Crippen LogP contribution in [-0.4, -0.2) is 46.6 Å². The Labute approximate surface area is 140 Å². The second-order valence-corrected chi connectivity index (χ2v) is 6.07. The van der Waals surface area contributed by atoms with Gasteiger partial charge in [0.2, 0.25) is 5.43 Å². The average molecular weight is 336 g/mol. The smallest absolute Gasteiger partial charge is 0.341 e. The number of carbonyl (C=O) groups is 2. The Morgan fingerprint density at radius 1 is 1.33 bits per heavy atom. The van der Waals surface area contributed by atoms with Gasteiger partial charge in [-0.3, -0.25) is 9.59 Å². The van der Waals surface area contributed by atoms with Gasteiger partial charge < -0.3 is 19.3 Å². The van der Waals surface area contributed by atoms with E-state index in [0.717, 1.165) is 6.42 Å². The van der Waals surface area contributed by atoms with E-state index >= 15 is 0 Å². The van der Waals surface area contributed by atoms with Crippen LogP contribution in [0.15, 0.2) is 11.0 Å². The number of hydrogen-bond acceptors (Lipinski definition) is 4. The second-order valence-electron chi connectivity index (χ2n) is 6.07. The van der Waals surface area contributed by atoms with E-state index in [4.69, 9.17) is 4.74 Å². The Kier molecular flexibility index (Phi) is 5.01. The van der Waals surface area contributed by atoms with Crippen molar-refractivity contribution < 1.29 is 19.4 Å². The number of nitrogens with zero attached hydrogens (tertiary/aromatic N) is 2. The minimum absolute atomic E-state index is 0.0175. The highest BCUT2D eigenvalue weighted by Gasteiger charge is 2.46. The highest BCUT2D eigenvalue weighted by atomic mass is 16.5. The molecule has 0 bridgehead atoms. The minimum atomic E-state index is -1.32. The average Bonchev–Trinajstić information content (AvgIpc) is 3.29. The van der Waals surface area contributed by atoms with Gasteiger partial charge in [0.25, 0.3) is 5.91 Å². The molecule has 1 saturated carbocycles. The van der Waals surface area contributed by atoms with Gasteiger partial charge in [-0.15, -0.1) is 0 Å². The van der Waals surface area contributed by atoms with Gasteiger partial charge >= 0.3 is 5.97 Å². The quantitative estimate of drug-likeness (QED) is 0.907. The summed E-state index contributed by atoms with van der Waals surface area (Å²) in [6.45, 7) is 6.61. The largest absolute Gasteiger partial charge is 0.491 e. The zero-order chi connectivity index (χ0) is 18.2. The summed E-state index contributed by atoms with van der Waals surface area (Å²) in [5.41, 5.74) is -1.01. The number of pyridine rings is 1. The molecule has 7 heteroatoms. The van der Waals surface area contributed by atoms with Gasteiger partial charge in [0.05, 0.1) is 13.2 Å². The summed E-state index contributed by atoms with van der Waals surface area (Å²) in [4.78, 5) is 37.7. The molecule has 2 unspecified atom stereocenters. The van der Waals surface area contributed by atoms with Gasteiger partial charge in [0.15, 0.2) is 11.4 Å². The Balaban J connectivity index is 0.00000100. The fourth-order valence-electron chi connectivity index (χ4n) is 3.30. The molecule has 0 aromatic carbocycles. The molecule has 132 valence electrons. The molecule has 7 nitrogen and oxygen atoms in total. The first-order valence-electron chi connectivity index (χ1n) is 8.18. The Bertz CT molecular complexity index is 724. The summed E-state index contributed by atoms with van der Waals surface area (Å²) in [5.74, 6) is -0.843. The molecular formula is C17H24N2O5. The van der Waals surface area contributed by atoms with Crippen LogP contribution < -0.4 is 10.2 Å². The molecule has 1 fully saturated rings. The molecule has 1 amide bonds. The van der Waals surface area contributed by atoms with Crippen molar-refractivity contribution in [2.75, 3.05) is 14.2 Å². The van der Waals surface area contributed by atoms with Crippen molar-refractivity contribution in [3.63, 3.8) is 0 Å². The topological polar surface area (TPSA) is 88.8 Å². The maximum atomic E-state index is 12.6. The van der Waals surface area contributed by atoms with E-state index in [-0.39, 0.29) is 29.0 Å². The minimum Gasteiger partial charge on any atom is -0.491 e. The molecular weight excluding hydrogens is 312 g/mol. The van der Waals surface area contributed by atoms with Gasteiger partial charge in [-0.05, 0) is 18.3 Å². The number of carbonyl (C=O) groups excluding carboxylic acids is 1. The zero-order valence-electron chi connectivity index (χ0n) is 14.7. The van der Waals surface area contributed by atoms with Crippen LogP contribution in [0.25, 0.3) is 0 Å². The molecule has 1 aliphatic carbocycles. The molecule has 24 heavy (non-hydrogen) atoms. The number of rotatable bonds is 3. The predicted octanol–water partition coefficient (Wildman–Crippen LogP) is 1.69. The van der Waals surface area contributed by atoms with Crippen LogP contribution in [0.2, 0.25) is 0 Å². The number of ether oxygens (including phenoxy) is 1. The van der Waals surface area contributed by atoms with Gasteiger partial charge in [-0.25, -0.2) is 4.79 Å². The fourth-order valence-corrected chi connectivity index (χ4v) is 3.30. The first kappa shape index (κ1) is 18.0. The third kappa shape index (κ3) is 2.79. The van der Waals surface area contributed by atoms with E-state index in [1.165, 1.54) is 13.3 Å². The highest BCUT2D eigenvalue weighted by Crippen LogP contribution is 2.44. The number of amides is 1. The Hall–Kier alpha value is -2.31. The monoisotopic (exact) mass is 336 g/mol. The molecule has 1 aromatic heterocycles. The molecule has 1 aliphatic heterocycles. The number of aromatic carboxylic acids is 1. The third-order valence-electron chi connectivity index (χ3n) is 4.74. The molecule has 3 rings (SSSR count). The lowest BCUT2D eigenvalue weighted by molar-refractivity contribution is 0.0606. The second kappa shape index (κ2) is 6.67. The molecule has 0 saturated heterocycles. The zero-order valence-corrected chi connectivity index (χ0v) is 14.7. The Morgan fingerprint density at radius 3 is 2.38 bits per heavy atom. The lowest BCUT2D eigenvalue weighted by atomic mass is 10.0. The normalized spacial score (nSPS) is 24.6. The number of aromatic nitrogens is 1. The van der Waals surface area contributed by atoms with Crippen LogP contribution in [0.4, 0.5) is 0 Å². The van der Waals surface area contributed by atoms with Crippen molar-refractivity contribution in [3.8, 4) is 5.75 Å². The molecule has 0 spiro atoms. The van der Waals surface area contributed by atoms with Crippen molar-refractivity contribution in [2.45, 2.75) is 39.8 Å². The lowest BCUT2D eigenvalue weighted by Gasteiger charge is -2.36. The van der Waals surface area contributed by atoms with Crippen molar-refractivity contribution in [2.24, 2.45) is 11.8 Å². The van der Waals surface area contributed by atoms with Gasteiger partial charge in [0, 0.05) is 19.8 Å². The molecule has 0 radical (unpaired) electrons. The summed E-state index contributed by atoms with van der Waals surface area (Å²) < 4.78 is 6.60. The van der Waals surface area contributed by atoms with Gasteiger partial charge in [0.1, 0.15) is 5.56 Å². The van der Waals surface area contributed by atoms with Crippen LogP contribution in [0.3, 0.4) is 0 Å². The van der Waals surface area contributed by atoms with E-state index < -0.39 is 11.4 Å². The van der Waals surface area contributed by atoms with Crippen molar-refractivity contribution in [1.29, 1.82) is 0 Å². The van der Waals surface area contributed by atoms with E-state index in [9.17, 15) is 19.5 Å². The molecule has 2 aliphatic rings. The summed E-state index contributed by atoms with van der Waals surface area (Å²) in [6, 6.07) is 0.0175. The van der Waals surface area contributed by atoms with E-state index in [0.29, 0.717) is 18.4 Å². The SMILES string of the molecule is CC.COc1c2n(cc(C(=O)O)c1=O)C[C@@H](C1CC1C)N(C)C2=O. The molecule has 3 atom stereocenters. The molecule has 1 aromatic rings. The number of hydrogen-bond donors (Lipinski definition) is 1. The van der Waals surface area contributed by atoms with Crippen LogP contribution in [0.1, 0.15) is 48.0 Å². The fraction of sp³-hybridized carbons (Fsp3) is 0.588. The van der Waals surface area contributed by atoms with Crippen molar-refractivity contribution in [1.82, 2.24) is 9.47 Å². The van der Waals surface area contributed by atoms with E-state index in [1.807, 2.05) is 13.8 Å². The first-order valence-corrected chi connectivity index (χ1v) is 8.18. The predicted molar refractivity (Wildman–Crippen MR) is 88.7 cm³/mol. The summed E-state index contributed by atoms with van der Waals surface area (Å²) in [6.07, 6.45) is 2.31. The maximum Gasteiger partial charge on any atom is 0.341 e. The van der Waals surface area contributed by atoms with Crippen LogP contribution in [-0.2, 0) is 6.54 Å². The highest BCUT2D eigenvalue weighted by molar-refractivity contribution is 5.97. The maximum absolute atomic E-state index is 12.6. The Morgan fingerprint density at radius 2 is 1.92 bits per heavy atom. The van der Waals surface area contributed by atoms with Crippen LogP contribution in [0.5, 0.6) is 5.75 Å². The lowest BCUT2D eigenvalue weighted by Crippen LogP contribution is -2.48. The number of methoxy groups -OCH3 is 1. The number of fused-ring (bicyclic) bond motifs is 1. The molecule has 2 heterocycles. The molecule has 1 N–H and O–H groups in total. The number of carboxylic acid groups (broad SMARTS) is 1. The van der Waals surface area contributed by atoms with Crippen LogP contribution >= 0.6 is 0 Å². The van der Waals surface area contributed by atoms with Gasteiger partial charge in [-0.2, -0.15) is 0 Å². The first-order chi connectivity index (χ1) is 11.4. The summed E-state index contributed by atoms with van der Waals surface area (Å²) in [5, 5.41) is 9.17. The van der Waals surface area contributed by atoms with Crippen LogP contribution in [0, 0.1) is 11.8 Å². The summed E-state index contributed by atoms with van der Waals surface area (Å²) >= 11 is 0. The standard InChI is InChI=1S/C15H18N2O5.C2H6/c1-7-4-8(7)10-6-17-5-9(15(20)21)12(18)13(22-3)11(17)14(19)16(10)2;1-2/h5,7-8,10H,4,6H2,1-3H3,(H,20,21);1-2H3/t7?,8?,10-;/m0./s1. The van der Waals surface area contributed by atoms with E-state index in [1.54, 1.807) is 16.5 Å². The summed E-state index contributed by atoms with van der Waals surface area (Å²) in [7, 11) is 2.99. The van der Waals surface area contributed by atoms with E-state index in [2.05, 4.69) is 6.92 Å². The van der Waals surface area contributed by atoms with Crippen molar-refractivity contribution in [3.05, 3.63) is 27.7 Å². The van der Waals surface area contributed by atoms with Crippen molar-refractivity contribution >= 4 is 11.9 Å². The number of carboxylic acids is 1. The third-order valence-corrected chi connectivity index (χ3v) is 4.74. The number of likely N-dealkylation sites (N-methyl/N-ethyl adjacent to an activating group) is 1. The van der Waals surface area contributed by atoms with Gasteiger partial charge in [-0.1, -0.05) is 20.8 Å².